The molecule has 0 amide bonds. The van der Waals surface area contributed by atoms with Crippen LogP contribution in [0.2, 0.25) is 0 Å². The Morgan fingerprint density at radius 3 is 2.76 bits per heavy atom. The van der Waals surface area contributed by atoms with Gasteiger partial charge in [-0.1, -0.05) is 19.3 Å². The summed E-state index contributed by atoms with van der Waals surface area (Å²) in [6.07, 6.45) is 8.51. The van der Waals surface area contributed by atoms with Crippen molar-refractivity contribution in [1.82, 2.24) is 9.97 Å². The molecule has 0 atom stereocenters. The molecule has 1 N–H and O–H groups in total. The number of ether oxygens (including phenoxy) is 1. The second-order valence-electron chi connectivity index (χ2n) is 5.99. The summed E-state index contributed by atoms with van der Waals surface area (Å²) in [4.78, 5) is 8.72. The van der Waals surface area contributed by atoms with Crippen molar-refractivity contribution in [1.29, 1.82) is 0 Å². The molecule has 1 heterocycles. The third kappa shape index (κ3) is 3.16. The molecule has 0 saturated heterocycles. The van der Waals surface area contributed by atoms with Gasteiger partial charge < -0.3 is 9.84 Å². The Balaban J connectivity index is 1.82. The van der Waals surface area contributed by atoms with Gasteiger partial charge in [0.05, 0.1) is 23.9 Å². The van der Waals surface area contributed by atoms with Crippen LogP contribution in [0, 0.1) is 0 Å². The van der Waals surface area contributed by atoms with E-state index in [2.05, 4.69) is 9.97 Å². The van der Waals surface area contributed by atoms with Crippen molar-refractivity contribution in [2.24, 2.45) is 0 Å². The smallest absolute Gasteiger partial charge is 0.119 e. The minimum absolute atomic E-state index is 0.506. The largest absolute Gasteiger partial charge is 0.497 e. The minimum atomic E-state index is -0.506. The molecule has 1 saturated carbocycles. The highest BCUT2D eigenvalue weighted by Gasteiger charge is 2.28. The van der Waals surface area contributed by atoms with Crippen LogP contribution in [0.4, 0.5) is 0 Å². The summed E-state index contributed by atoms with van der Waals surface area (Å²) in [5, 5.41) is 11.7. The Morgan fingerprint density at radius 1 is 1.19 bits per heavy atom. The molecule has 1 aromatic heterocycles. The van der Waals surface area contributed by atoms with E-state index in [-0.39, 0.29) is 0 Å². The Bertz CT molecular complexity index is 621. The zero-order chi connectivity index (χ0) is 14.7. The molecule has 3 rings (SSSR count). The summed E-state index contributed by atoms with van der Waals surface area (Å²) in [5.74, 6) is 0.815. The predicted octanol–water partition coefficient (Wildman–Crippen LogP) is 3.27. The van der Waals surface area contributed by atoms with Gasteiger partial charge in [0.1, 0.15) is 12.1 Å². The number of aryl methyl sites for hydroxylation is 1. The second-order valence-corrected chi connectivity index (χ2v) is 5.99. The molecule has 0 radical (unpaired) electrons. The molecule has 4 nitrogen and oxygen atoms in total. The maximum absolute atomic E-state index is 10.6. The highest BCUT2D eigenvalue weighted by molar-refractivity contribution is 5.82. The van der Waals surface area contributed by atoms with E-state index in [9.17, 15) is 5.11 Å². The first-order valence-electron chi connectivity index (χ1n) is 7.70. The van der Waals surface area contributed by atoms with E-state index in [1.807, 2.05) is 18.2 Å². The summed E-state index contributed by atoms with van der Waals surface area (Å²) in [7, 11) is 1.66. The first-order chi connectivity index (χ1) is 10.2. The van der Waals surface area contributed by atoms with Crippen LogP contribution in [0.1, 0.15) is 44.2 Å². The van der Waals surface area contributed by atoms with Gasteiger partial charge >= 0.3 is 0 Å². The van der Waals surface area contributed by atoms with Gasteiger partial charge in [0.2, 0.25) is 0 Å². The number of rotatable bonds is 4. The van der Waals surface area contributed by atoms with Crippen LogP contribution >= 0.6 is 0 Å². The summed E-state index contributed by atoms with van der Waals surface area (Å²) < 4.78 is 5.29. The molecule has 0 bridgehead atoms. The number of hydrogen-bond acceptors (Lipinski definition) is 4. The van der Waals surface area contributed by atoms with E-state index in [4.69, 9.17) is 4.74 Å². The maximum Gasteiger partial charge on any atom is 0.119 e. The lowest BCUT2D eigenvalue weighted by atomic mass is 9.81. The van der Waals surface area contributed by atoms with Gasteiger partial charge in [-0.3, -0.25) is 0 Å². The van der Waals surface area contributed by atoms with Crippen molar-refractivity contribution in [3.8, 4) is 5.75 Å². The molecule has 112 valence electrons. The van der Waals surface area contributed by atoms with E-state index >= 15 is 0 Å². The van der Waals surface area contributed by atoms with Crippen molar-refractivity contribution < 1.29 is 9.84 Å². The van der Waals surface area contributed by atoms with E-state index in [1.165, 1.54) is 6.42 Å². The average Bonchev–Trinajstić information content (AvgIpc) is 2.53. The van der Waals surface area contributed by atoms with Crippen LogP contribution in [0.5, 0.6) is 5.75 Å². The molecule has 1 aliphatic carbocycles. The number of aliphatic hydroxyl groups is 1. The number of fused-ring (bicyclic) bond motifs is 1. The van der Waals surface area contributed by atoms with Gasteiger partial charge in [-0.05, 0) is 43.9 Å². The molecule has 1 fully saturated rings. The van der Waals surface area contributed by atoms with Crippen molar-refractivity contribution in [2.45, 2.75) is 50.5 Å². The zero-order valence-corrected chi connectivity index (χ0v) is 12.5. The van der Waals surface area contributed by atoms with Crippen molar-refractivity contribution in [3.05, 3.63) is 30.2 Å². The number of nitrogens with zero attached hydrogens (tertiary/aromatic N) is 2. The first-order valence-corrected chi connectivity index (χ1v) is 7.70. The van der Waals surface area contributed by atoms with E-state index in [0.717, 1.165) is 60.9 Å². The van der Waals surface area contributed by atoms with Crippen LogP contribution in [0.3, 0.4) is 0 Å². The molecule has 0 aliphatic heterocycles. The van der Waals surface area contributed by atoms with Gasteiger partial charge in [-0.15, -0.1) is 0 Å². The molecular formula is C17H22N2O2. The van der Waals surface area contributed by atoms with Gasteiger partial charge in [0.15, 0.2) is 0 Å². The SMILES string of the molecule is COc1ccc2ncnc(CCC3(O)CCCCC3)c2c1. The fraction of sp³-hybridized carbons (Fsp3) is 0.529. The van der Waals surface area contributed by atoms with Crippen LogP contribution in [0.25, 0.3) is 10.9 Å². The molecule has 2 aromatic rings. The van der Waals surface area contributed by atoms with Gasteiger partial charge in [-0.2, -0.15) is 0 Å². The summed E-state index contributed by atoms with van der Waals surface area (Å²) >= 11 is 0. The molecule has 1 aliphatic rings. The van der Waals surface area contributed by atoms with Crippen molar-refractivity contribution in [2.75, 3.05) is 7.11 Å². The molecule has 0 spiro atoms. The molecule has 21 heavy (non-hydrogen) atoms. The third-order valence-electron chi connectivity index (χ3n) is 4.54. The van der Waals surface area contributed by atoms with Crippen LogP contribution in [-0.4, -0.2) is 27.8 Å². The second kappa shape index (κ2) is 5.98. The normalized spacial score (nSPS) is 17.8. The van der Waals surface area contributed by atoms with E-state index in [1.54, 1.807) is 13.4 Å². The lowest BCUT2D eigenvalue weighted by Crippen LogP contribution is -2.31. The van der Waals surface area contributed by atoms with Gasteiger partial charge in [0.25, 0.3) is 0 Å². The van der Waals surface area contributed by atoms with Gasteiger partial charge in [-0.25, -0.2) is 9.97 Å². The van der Waals surface area contributed by atoms with Crippen LogP contribution < -0.4 is 4.74 Å². The summed E-state index contributed by atoms with van der Waals surface area (Å²) in [6, 6.07) is 5.85. The number of benzene rings is 1. The summed E-state index contributed by atoms with van der Waals surface area (Å²) in [6.45, 7) is 0. The average molecular weight is 286 g/mol. The number of methoxy groups -OCH3 is 1. The van der Waals surface area contributed by atoms with Crippen molar-refractivity contribution in [3.63, 3.8) is 0 Å². The highest BCUT2D eigenvalue weighted by Crippen LogP contribution is 2.32. The first kappa shape index (κ1) is 14.3. The third-order valence-corrected chi connectivity index (χ3v) is 4.54. The van der Waals surface area contributed by atoms with Gasteiger partial charge in [0, 0.05) is 5.39 Å². The summed E-state index contributed by atoms with van der Waals surface area (Å²) in [5.41, 5.74) is 1.42. The fourth-order valence-electron chi connectivity index (χ4n) is 3.23. The van der Waals surface area contributed by atoms with Crippen LogP contribution in [-0.2, 0) is 6.42 Å². The van der Waals surface area contributed by atoms with Crippen molar-refractivity contribution >= 4 is 10.9 Å². The maximum atomic E-state index is 10.6. The Morgan fingerprint density at radius 2 is 2.00 bits per heavy atom. The standard InChI is InChI=1S/C17H22N2O2/c1-21-13-5-6-15-14(11-13)16(19-12-18-15)7-10-17(20)8-3-2-4-9-17/h5-6,11-12,20H,2-4,7-10H2,1H3. The lowest BCUT2D eigenvalue weighted by Gasteiger charge is -2.32. The predicted molar refractivity (Wildman–Crippen MR) is 82.4 cm³/mol. The Hall–Kier alpha value is -1.68. The molecule has 4 heteroatoms. The monoisotopic (exact) mass is 286 g/mol. The lowest BCUT2D eigenvalue weighted by molar-refractivity contribution is -0.00354. The van der Waals surface area contributed by atoms with E-state index in [0.29, 0.717) is 0 Å². The Kier molecular flexibility index (Phi) is 4.06. The number of hydrogen-bond donors (Lipinski definition) is 1. The molecule has 1 aromatic carbocycles. The quantitative estimate of drug-likeness (QED) is 0.937. The molecule has 0 unspecified atom stereocenters. The fourth-order valence-corrected chi connectivity index (χ4v) is 3.23. The number of aromatic nitrogens is 2. The Labute approximate surface area is 125 Å². The topological polar surface area (TPSA) is 55.2 Å². The molecular weight excluding hydrogens is 264 g/mol. The highest BCUT2D eigenvalue weighted by atomic mass is 16.5. The zero-order valence-electron chi connectivity index (χ0n) is 12.5. The van der Waals surface area contributed by atoms with E-state index < -0.39 is 5.60 Å². The van der Waals surface area contributed by atoms with Crippen LogP contribution in [0.15, 0.2) is 24.5 Å². The minimum Gasteiger partial charge on any atom is -0.497 e.